The van der Waals surface area contributed by atoms with Gasteiger partial charge in [0.1, 0.15) is 0 Å². The fraction of sp³-hybridized carbons (Fsp3) is 0.400. The van der Waals surface area contributed by atoms with Crippen molar-refractivity contribution in [2.45, 2.75) is 52.4 Å². The van der Waals surface area contributed by atoms with Gasteiger partial charge in [-0.1, -0.05) is 53.7 Å². The van der Waals surface area contributed by atoms with Gasteiger partial charge in [-0.25, -0.2) is 0 Å². The minimum absolute atomic E-state index is 0.132. The maximum atomic E-state index is 8.95. The largest absolute Gasteiger partial charge is 0.219 e. The topological polar surface area (TPSA) is 23.8 Å². The molecule has 0 radical (unpaired) electrons. The lowest BCUT2D eigenvalue weighted by Crippen LogP contribution is -2.14. The van der Waals surface area contributed by atoms with Crippen molar-refractivity contribution in [1.29, 1.82) is 5.26 Å². The summed E-state index contributed by atoms with van der Waals surface area (Å²) in [5, 5.41) is 8.95. The van der Waals surface area contributed by atoms with Crippen LogP contribution in [0.15, 0.2) is 36.4 Å². The summed E-state index contributed by atoms with van der Waals surface area (Å²) in [5.41, 5.74) is 3.37. The van der Waals surface area contributed by atoms with Gasteiger partial charge in [-0.3, -0.25) is 0 Å². The molecule has 0 bridgehead atoms. The Hall–Kier alpha value is -1.72. The van der Waals surface area contributed by atoms with Crippen LogP contribution in [0.5, 0.6) is 0 Å². The van der Waals surface area contributed by atoms with Gasteiger partial charge in [0.05, 0.1) is 11.6 Å². The molecule has 2 aromatic rings. The Balaban J connectivity index is 2.62. The van der Waals surface area contributed by atoms with Gasteiger partial charge in [-0.2, -0.15) is 5.26 Å². The van der Waals surface area contributed by atoms with Crippen molar-refractivity contribution in [2.75, 3.05) is 0 Å². The van der Waals surface area contributed by atoms with Crippen molar-refractivity contribution in [3.8, 4) is 17.2 Å². The van der Waals surface area contributed by atoms with Crippen molar-refractivity contribution in [2.24, 2.45) is 0 Å². The van der Waals surface area contributed by atoms with E-state index in [1.165, 1.54) is 20.9 Å². The van der Waals surface area contributed by atoms with Gasteiger partial charge in [0, 0.05) is 23.0 Å². The highest BCUT2D eigenvalue weighted by Crippen LogP contribution is 2.37. The monoisotopic (exact) mass is 310 g/mol. The molecule has 0 saturated carbocycles. The average Bonchev–Trinajstić information content (AvgIpc) is 2.45. The van der Waals surface area contributed by atoms with Crippen LogP contribution in [0.25, 0.3) is 11.1 Å². The molecule has 0 aliphatic carbocycles. The predicted molar refractivity (Wildman–Crippen MR) is 96.3 cm³/mol. The minimum atomic E-state index is 0.132. The van der Waals surface area contributed by atoms with Gasteiger partial charge in [0.15, 0.2) is 0 Å². The molecule has 2 rings (SSSR count). The first-order chi connectivity index (χ1) is 10.1. The van der Waals surface area contributed by atoms with E-state index in [0.717, 1.165) is 0 Å². The molecular weight excluding hydrogens is 286 g/mol. The van der Waals surface area contributed by atoms with E-state index in [1.54, 1.807) is 0 Å². The number of rotatable bonds is 1. The first-order valence-electron chi connectivity index (χ1n) is 7.61. The molecule has 0 aliphatic rings. The van der Waals surface area contributed by atoms with E-state index in [4.69, 9.17) is 5.26 Å². The second-order valence-electron chi connectivity index (χ2n) is 7.76. The Morgan fingerprint density at radius 2 is 1.23 bits per heavy atom. The smallest absolute Gasteiger partial charge is 0.192 e. The van der Waals surface area contributed by atoms with E-state index >= 15 is 0 Å². The Labute approximate surface area is 138 Å². The van der Waals surface area contributed by atoms with Gasteiger partial charge in [-0.05, 0) is 23.3 Å². The first kappa shape index (κ1) is 16.6. The molecule has 22 heavy (non-hydrogen) atoms. The third-order valence-electron chi connectivity index (χ3n) is 3.62. The van der Waals surface area contributed by atoms with Gasteiger partial charge in [0.2, 0.25) is 21.1 Å². The quantitative estimate of drug-likeness (QED) is 0.578. The van der Waals surface area contributed by atoms with Crippen LogP contribution in [0, 0.1) is 11.3 Å². The second kappa shape index (κ2) is 5.82. The maximum Gasteiger partial charge on any atom is 0.219 e. The Bertz CT molecular complexity index is 675. The van der Waals surface area contributed by atoms with Crippen molar-refractivity contribution in [3.05, 3.63) is 51.7 Å². The van der Waals surface area contributed by atoms with Crippen LogP contribution in [0.1, 0.15) is 56.9 Å². The molecule has 0 atom stereocenters. The Morgan fingerprint density at radius 1 is 0.773 bits per heavy atom. The van der Waals surface area contributed by atoms with Crippen LogP contribution in [0.3, 0.4) is 0 Å². The molecule has 0 spiro atoms. The van der Waals surface area contributed by atoms with Crippen LogP contribution in [-0.4, -0.2) is 0 Å². The zero-order valence-corrected chi connectivity index (χ0v) is 15.1. The van der Waals surface area contributed by atoms with Crippen molar-refractivity contribution in [3.63, 3.8) is 0 Å². The molecule has 0 saturated heterocycles. The molecule has 0 fully saturated rings. The highest BCUT2D eigenvalue weighted by atomic mass is 32.1. The second-order valence-corrected chi connectivity index (χ2v) is 8.85. The van der Waals surface area contributed by atoms with E-state index in [0.29, 0.717) is 5.56 Å². The van der Waals surface area contributed by atoms with Crippen molar-refractivity contribution >= 4 is 11.3 Å². The summed E-state index contributed by atoms with van der Waals surface area (Å²) >= 11 is 1.90. The third-order valence-corrected chi connectivity index (χ3v) is 5.52. The molecule has 0 unspecified atom stereocenters. The van der Waals surface area contributed by atoms with E-state index < -0.39 is 0 Å². The van der Waals surface area contributed by atoms with Gasteiger partial charge < -0.3 is 0 Å². The molecule has 114 valence electrons. The number of nitriles is 1. The summed E-state index contributed by atoms with van der Waals surface area (Å²) in [6, 6.07) is 14.6. The van der Waals surface area contributed by atoms with E-state index in [1.807, 2.05) is 35.6 Å². The highest BCUT2D eigenvalue weighted by molar-refractivity contribution is 7.12. The SMILES string of the molecule is CC(C)(C)c1cc(-c2ccc(C#N)cc2)cc(C(C)(C)C)[s+]1. The molecule has 1 nitrogen and oxygen atoms in total. The Kier molecular flexibility index (Phi) is 4.40. The number of hydrogen-bond acceptors (Lipinski definition) is 1. The van der Waals surface area contributed by atoms with Crippen LogP contribution in [0.2, 0.25) is 0 Å². The summed E-state index contributed by atoms with van der Waals surface area (Å²) in [6.07, 6.45) is 0. The summed E-state index contributed by atoms with van der Waals surface area (Å²) < 4.78 is 0. The molecule has 0 amide bonds. The molecular formula is C20H24NS+. The fourth-order valence-electron chi connectivity index (χ4n) is 2.14. The summed E-state index contributed by atoms with van der Waals surface area (Å²) in [5.74, 6) is 0. The standard InChI is InChI=1S/C20H24NS/c1-19(2,3)17-11-16(12-18(22-17)20(4,5)6)15-9-7-14(13-21)8-10-15/h7-12H,1-6H3/q+1. The lowest BCUT2D eigenvalue weighted by atomic mass is 9.90. The van der Waals surface area contributed by atoms with Gasteiger partial charge >= 0.3 is 0 Å². The van der Waals surface area contributed by atoms with Crippen LogP contribution >= 0.6 is 11.3 Å². The van der Waals surface area contributed by atoms with Crippen molar-refractivity contribution in [1.82, 2.24) is 0 Å². The van der Waals surface area contributed by atoms with Crippen LogP contribution in [0.4, 0.5) is 0 Å². The van der Waals surface area contributed by atoms with E-state index in [-0.39, 0.29) is 10.8 Å². The normalized spacial score (nSPS) is 12.0. The zero-order valence-electron chi connectivity index (χ0n) is 14.3. The number of benzene rings is 1. The van der Waals surface area contributed by atoms with E-state index in [2.05, 4.69) is 59.7 Å². The van der Waals surface area contributed by atoms with Crippen molar-refractivity contribution < 1.29 is 0 Å². The maximum absolute atomic E-state index is 8.95. The third kappa shape index (κ3) is 3.72. The summed E-state index contributed by atoms with van der Waals surface area (Å²) in [6.45, 7) is 13.5. The predicted octanol–water partition coefficient (Wildman–Crippen LogP) is 6.16. The highest BCUT2D eigenvalue weighted by Gasteiger charge is 2.32. The van der Waals surface area contributed by atoms with Gasteiger partial charge in [0.25, 0.3) is 0 Å². The molecule has 0 aliphatic heterocycles. The molecule has 1 aromatic carbocycles. The Morgan fingerprint density at radius 3 is 1.59 bits per heavy atom. The minimum Gasteiger partial charge on any atom is -0.192 e. The zero-order chi connectivity index (χ0) is 16.5. The molecule has 0 N–H and O–H groups in total. The number of hydrogen-bond donors (Lipinski definition) is 0. The van der Waals surface area contributed by atoms with E-state index in [9.17, 15) is 0 Å². The number of nitrogens with zero attached hydrogens (tertiary/aromatic N) is 1. The van der Waals surface area contributed by atoms with Crippen LogP contribution in [-0.2, 0) is 10.8 Å². The lowest BCUT2D eigenvalue weighted by molar-refractivity contribution is 0.593. The van der Waals surface area contributed by atoms with Gasteiger partial charge in [-0.15, -0.1) is 0 Å². The molecule has 2 heteroatoms. The molecule has 1 aromatic heterocycles. The van der Waals surface area contributed by atoms with Crippen LogP contribution < -0.4 is 0 Å². The molecule has 1 heterocycles. The summed E-state index contributed by atoms with van der Waals surface area (Å²) in [7, 11) is 0. The lowest BCUT2D eigenvalue weighted by Gasteiger charge is -2.16. The first-order valence-corrected chi connectivity index (χ1v) is 8.42. The average molecular weight is 310 g/mol. The summed E-state index contributed by atoms with van der Waals surface area (Å²) in [4.78, 5) is 2.78. The fourth-order valence-corrected chi connectivity index (χ4v) is 3.37.